The van der Waals surface area contributed by atoms with Gasteiger partial charge in [-0.2, -0.15) is 39.5 Å². The van der Waals surface area contributed by atoms with Crippen molar-refractivity contribution in [1.82, 2.24) is 0 Å². The molecule has 0 aliphatic rings. The molecule has 0 saturated heterocycles. The molecule has 0 spiro atoms. The Bertz CT molecular complexity index is 1480. The molecule has 0 atom stereocenters. The van der Waals surface area contributed by atoms with Crippen LogP contribution in [-0.2, 0) is 12.4 Å². The van der Waals surface area contributed by atoms with E-state index in [0.717, 1.165) is 31.9 Å². The van der Waals surface area contributed by atoms with Crippen LogP contribution in [0.5, 0.6) is 28.9 Å². The van der Waals surface area contributed by atoms with Crippen LogP contribution in [-0.4, -0.2) is 38.1 Å². The van der Waals surface area contributed by atoms with Crippen LogP contribution in [0.15, 0.2) is 47.1 Å². The Morgan fingerprint density at radius 3 is 1.40 bits per heavy atom. The fourth-order valence-electron chi connectivity index (χ4n) is 3.25. The Labute approximate surface area is 270 Å². The minimum atomic E-state index is -4.65. The normalized spacial score (nSPS) is 11.7. The molecule has 0 unspecified atom stereocenters. The predicted octanol–water partition coefficient (Wildman–Crippen LogP) is 10.7. The topological polar surface area (TPSA) is 92.3 Å². The maximum Gasteiger partial charge on any atom is 0.457 e. The number of rotatable bonds is 4. The Balaban J connectivity index is 0. The number of alkyl halides is 9. The van der Waals surface area contributed by atoms with E-state index < -0.39 is 57.8 Å². The summed E-state index contributed by atoms with van der Waals surface area (Å²) in [6.45, 7) is 15.2. The first-order chi connectivity index (χ1) is 21.0. The van der Waals surface area contributed by atoms with Crippen molar-refractivity contribution < 1.29 is 69.5 Å². The largest absolute Gasteiger partial charge is 0.544 e. The molecule has 17 heteroatoms. The summed E-state index contributed by atoms with van der Waals surface area (Å²) in [7, 11) is -3.59. The minimum absolute atomic E-state index is 0. The summed E-state index contributed by atoms with van der Waals surface area (Å²) in [5.74, 6) is 1.48. The van der Waals surface area contributed by atoms with E-state index >= 15 is 0 Å². The molecule has 3 rings (SSSR count). The van der Waals surface area contributed by atoms with E-state index in [2.05, 4.69) is 19.6 Å². The molecule has 47 heavy (non-hydrogen) atoms. The number of halogens is 9. The maximum atomic E-state index is 12.9. The molecule has 0 amide bonds. The molecule has 266 valence electrons. The van der Waals surface area contributed by atoms with Gasteiger partial charge >= 0.3 is 18.5 Å². The molecule has 0 bridgehead atoms. The monoisotopic (exact) mass is 723 g/mol. The predicted molar refractivity (Wildman–Crippen MR) is 166 cm³/mol. The fourth-order valence-corrected chi connectivity index (χ4v) is 4.80. The van der Waals surface area contributed by atoms with E-state index in [9.17, 15) is 44.6 Å². The number of phenolic OH excluding ortho intramolecular Hbond substituents is 3. The van der Waals surface area contributed by atoms with Gasteiger partial charge in [0.25, 0.3) is 5.95 Å². The van der Waals surface area contributed by atoms with Gasteiger partial charge in [0.15, 0.2) is 0 Å². The lowest BCUT2D eigenvalue weighted by Crippen LogP contribution is -2.30. The van der Waals surface area contributed by atoms with Crippen LogP contribution in [0.4, 0.5) is 39.5 Å². The molecule has 0 aliphatic heterocycles. The van der Waals surface area contributed by atoms with Crippen LogP contribution in [0, 0.1) is 25.7 Å². The van der Waals surface area contributed by atoms with Crippen molar-refractivity contribution in [3.63, 3.8) is 0 Å². The summed E-state index contributed by atoms with van der Waals surface area (Å²) in [6.07, 6.45) is -11.9. The lowest BCUT2D eigenvalue weighted by molar-refractivity contribution is -0.140. The molecule has 2 aromatic carbocycles. The van der Waals surface area contributed by atoms with Gasteiger partial charge in [-0.15, -0.1) is 0 Å². The number of benzene rings is 2. The maximum absolute atomic E-state index is 12.9. The van der Waals surface area contributed by atoms with Gasteiger partial charge in [-0.3, -0.25) is 0 Å². The van der Waals surface area contributed by atoms with Crippen molar-refractivity contribution in [1.29, 1.82) is 0 Å². The van der Waals surface area contributed by atoms with Gasteiger partial charge in [-0.1, -0.05) is 5.92 Å². The smallest absolute Gasteiger partial charge is 0.457 e. The van der Waals surface area contributed by atoms with Crippen LogP contribution in [0.3, 0.4) is 0 Å². The second-order valence-corrected chi connectivity index (χ2v) is 20.3. The average molecular weight is 724 g/mol. The van der Waals surface area contributed by atoms with Gasteiger partial charge in [-0.25, -0.2) is 0 Å². The Morgan fingerprint density at radius 2 is 1.09 bits per heavy atom. The second kappa shape index (κ2) is 16.8. The first-order valence-electron chi connectivity index (χ1n) is 13.4. The number of furan rings is 1. The highest BCUT2D eigenvalue weighted by Crippen LogP contribution is 2.42. The summed E-state index contributed by atoms with van der Waals surface area (Å²) in [5.41, 5.74) is -2.65. The zero-order valence-corrected chi connectivity index (χ0v) is 29.0. The summed E-state index contributed by atoms with van der Waals surface area (Å²) in [4.78, 5) is 0. The zero-order valence-electron chi connectivity index (χ0n) is 27.0. The van der Waals surface area contributed by atoms with Crippen LogP contribution < -0.4 is 8.85 Å². The van der Waals surface area contributed by atoms with Gasteiger partial charge in [-0.05, 0) is 90.4 Å². The summed E-state index contributed by atoms with van der Waals surface area (Å²) >= 11 is 0. The lowest BCUT2D eigenvalue weighted by atomic mass is 10.1. The number of hydrogen-bond donors (Lipinski definition) is 3. The second-order valence-electron chi connectivity index (χ2n) is 11.4. The Kier molecular flexibility index (Phi) is 15.4. The number of aromatic hydroxyl groups is 3. The molecule has 3 N–H and O–H groups in total. The van der Waals surface area contributed by atoms with Crippen LogP contribution in [0.1, 0.15) is 30.6 Å². The van der Waals surface area contributed by atoms with Crippen molar-refractivity contribution in [2.45, 2.75) is 78.6 Å². The van der Waals surface area contributed by atoms with Crippen molar-refractivity contribution >= 4 is 16.6 Å². The summed E-state index contributed by atoms with van der Waals surface area (Å²) in [6, 6.07) is 7.88. The lowest BCUT2D eigenvalue weighted by Gasteiger charge is -2.24. The van der Waals surface area contributed by atoms with E-state index in [1.807, 2.05) is 12.1 Å². The van der Waals surface area contributed by atoms with Crippen molar-refractivity contribution in [2.24, 2.45) is 0 Å². The fraction of sp³-hybridized carbons (Fsp3) is 0.400. The van der Waals surface area contributed by atoms with Gasteiger partial charge in [0, 0.05) is 24.5 Å². The number of hydrogen-bond acceptors (Lipinski definition) is 6. The number of phenols is 3. The van der Waals surface area contributed by atoms with E-state index in [1.54, 1.807) is 31.8 Å². The van der Waals surface area contributed by atoms with Crippen LogP contribution >= 0.6 is 0 Å². The van der Waals surface area contributed by atoms with Crippen LogP contribution in [0.25, 0.3) is 0 Å². The molecule has 3 aromatic rings. The third-order valence-corrected chi connectivity index (χ3v) is 6.61. The van der Waals surface area contributed by atoms with Crippen molar-refractivity contribution in [3.05, 3.63) is 64.9 Å². The zero-order chi connectivity index (χ0) is 37.2. The molecular formula is C30H39F9O6Si2. The highest BCUT2D eigenvalue weighted by molar-refractivity contribution is 6.70. The molecule has 0 radical (unpaired) electrons. The average Bonchev–Trinajstić information content (AvgIpc) is 3.33. The van der Waals surface area contributed by atoms with E-state index in [0.29, 0.717) is 5.95 Å². The molecule has 6 nitrogen and oxygen atoms in total. The third kappa shape index (κ3) is 17.0. The summed E-state index contributed by atoms with van der Waals surface area (Å²) in [5, 5.41) is 27.2. The van der Waals surface area contributed by atoms with Gasteiger partial charge in [0.1, 0.15) is 34.1 Å². The highest BCUT2D eigenvalue weighted by Gasteiger charge is 2.38. The van der Waals surface area contributed by atoms with Gasteiger partial charge in [0.05, 0.1) is 6.26 Å². The molecular weight excluding hydrogens is 683 g/mol. The van der Waals surface area contributed by atoms with Crippen molar-refractivity contribution in [2.75, 3.05) is 0 Å². The van der Waals surface area contributed by atoms with E-state index in [-0.39, 0.29) is 24.1 Å². The van der Waals surface area contributed by atoms with Gasteiger partial charge in [0.2, 0.25) is 16.6 Å². The molecule has 0 saturated carbocycles. The van der Waals surface area contributed by atoms with E-state index in [4.69, 9.17) is 23.5 Å². The molecule has 0 aliphatic carbocycles. The van der Waals surface area contributed by atoms with Crippen LogP contribution in [0.2, 0.25) is 39.3 Å². The molecule has 1 heterocycles. The van der Waals surface area contributed by atoms with E-state index in [1.165, 1.54) is 19.1 Å². The summed E-state index contributed by atoms with van der Waals surface area (Å²) < 4.78 is 124. The highest BCUT2D eigenvalue weighted by atomic mass is 28.4. The van der Waals surface area contributed by atoms with Crippen molar-refractivity contribution in [3.8, 4) is 40.8 Å². The Hall–Kier alpha value is -3.92. The SMILES string of the molecule is CC#CC(F)(F)F.C[Si](C)(C)Oc1ccco1.Cc1c(O)ccc(O)c1C(F)(F)F.Cc1c(O)ccc(O[Si](C)(C)C)c1C(F)(F)F.[2HH]. The standard InChI is InChI=1S/C11H15F3O2Si.C8H7F3O2.C7H12O2Si.C4H3F3.H2/c1-7-8(15)5-6-9(16-17(2,3)4)10(7)11(12,13)14;1-4-5(12)2-3-6(13)7(4)8(9,10)11;1-10(2,3)9-7-5-4-6-8-7;1-2-3-4(5,6)7;/h5-6,15H,1-4H3;2-3,12-13H,1H3;4-6H,1-3H3;1H3;1H/i;;;;1+1. The first kappa shape index (κ1) is 43.1. The molecule has 0 fully saturated rings. The first-order valence-corrected chi connectivity index (χ1v) is 20.2. The molecule has 1 aromatic heterocycles. The quantitative estimate of drug-likeness (QED) is 0.107. The minimum Gasteiger partial charge on any atom is -0.544 e. The Morgan fingerprint density at radius 1 is 0.660 bits per heavy atom. The third-order valence-electron chi connectivity index (χ3n) is 4.96. The van der Waals surface area contributed by atoms with Gasteiger partial charge < -0.3 is 28.6 Å².